The van der Waals surface area contributed by atoms with Crippen LogP contribution in [0.4, 0.5) is 0 Å². The fourth-order valence-corrected chi connectivity index (χ4v) is 2.61. The van der Waals surface area contributed by atoms with Crippen LogP contribution in [0, 0.1) is 11.8 Å². The first-order valence-electron chi connectivity index (χ1n) is 6.21. The number of hydrogen-bond acceptors (Lipinski definition) is 2. The lowest BCUT2D eigenvalue weighted by Gasteiger charge is -2.25. The summed E-state index contributed by atoms with van der Waals surface area (Å²) in [7, 11) is 0. The predicted octanol–water partition coefficient (Wildman–Crippen LogP) is 1.72. The highest BCUT2D eigenvalue weighted by molar-refractivity contribution is 5.78. The Hall–Kier alpha value is -0.570. The summed E-state index contributed by atoms with van der Waals surface area (Å²) < 4.78 is 5.34. The van der Waals surface area contributed by atoms with E-state index in [2.05, 4.69) is 5.32 Å². The van der Waals surface area contributed by atoms with Gasteiger partial charge in [-0.15, -0.1) is 0 Å². The Labute approximate surface area is 91.6 Å². The van der Waals surface area contributed by atoms with Gasteiger partial charge in [0, 0.05) is 25.7 Å². The van der Waals surface area contributed by atoms with E-state index in [-0.39, 0.29) is 5.92 Å². The van der Waals surface area contributed by atoms with E-state index in [0.29, 0.717) is 11.8 Å². The van der Waals surface area contributed by atoms with Gasteiger partial charge in [0.1, 0.15) is 0 Å². The van der Waals surface area contributed by atoms with Crippen molar-refractivity contribution in [3.05, 3.63) is 0 Å². The van der Waals surface area contributed by atoms with E-state index in [9.17, 15) is 4.79 Å². The molecule has 0 saturated carbocycles. The smallest absolute Gasteiger partial charge is 0.223 e. The molecule has 2 fully saturated rings. The number of nitrogens with one attached hydrogen (secondary N) is 1. The van der Waals surface area contributed by atoms with Crippen molar-refractivity contribution in [3.8, 4) is 0 Å². The first kappa shape index (κ1) is 10.9. The van der Waals surface area contributed by atoms with Crippen molar-refractivity contribution in [2.45, 2.75) is 38.5 Å². The second kappa shape index (κ2) is 5.50. The van der Waals surface area contributed by atoms with Crippen molar-refractivity contribution in [2.24, 2.45) is 11.8 Å². The van der Waals surface area contributed by atoms with Crippen molar-refractivity contribution in [1.82, 2.24) is 5.32 Å². The molecule has 1 N–H and O–H groups in total. The monoisotopic (exact) mass is 211 g/mol. The zero-order valence-electron chi connectivity index (χ0n) is 9.34. The molecule has 86 valence electrons. The van der Waals surface area contributed by atoms with E-state index >= 15 is 0 Å². The van der Waals surface area contributed by atoms with Gasteiger partial charge in [-0.25, -0.2) is 0 Å². The van der Waals surface area contributed by atoms with Crippen molar-refractivity contribution in [1.29, 1.82) is 0 Å². The van der Waals surface area contributed by atoms with Crippen LogP contribution in [0.5, 0.6) is 0 Å². The van der Waals surface area contributed by atoms with E-state index in [1.807, 2.05) is 0 Å². The Kier molecular flexibility index (Phi) is 4.01. The van der Waals surface area contributed by atoms with Crippen molar-refractivity contribution in [2.75, 3.05) is 19.8 Å². The van der Waals surface area contributed by atoms with Crippen molar-refractivity contribution in [3.63, 3.8) is 0 Å². The summed E-state index contributed by atoms with van der Waals surface area (Å²) in [5.41, 5.74) is 0. The van der Waals surface area contributed by atoms with Gasteiger partial charge in [0.25, 0.3) is 0 Å². The molecule has 2 aliphatic rings. The van der Waals surface area contributed by atoms with E-state index < -0.39 is 0 Å². The first-order valence-corrected chi connectivity index (χ1v) is 6.21. The molecule has 0 aromatic heterocycles. The van der Waals surface area contributed by atoms with Gasteiger partial charge < -0.3 is 10.1 Å². The molecule has 0 aliphatic carbocycles. The minimum absolute atomic E-state index is 0.274. The maximum atomic E-state index is 11.7. The number of carbonyl (C=O) groups is 1. The van der Waals surface area contributed by atoms with Crippen LogP contribution in [0.3, 0.4) is 0 Å². The topological polar surface area (TPSA) is 38.3 Å². The van der Waals surface area contributed by atoms with Gasteiger partial charge in [0.15, 0.2) is 0 Å². The molecule has 0 aromatic rings. The second-order valence-electron chi connectivity index (χ2n) is 4.78. The van der Waals surface area contributed by atoms with Crippen molar-refractivity contribution < 1.29 is 9.53 Å². The lowest BCUT2D eigenvalue weighted by atomic mass is 9.86. The van der Waals surface area contributed by atoms with E-state index in [1.165, 1.54) is 6.42 Å². The molecule has 2 rings (SSSR count). The van der Waals surface area contributed by atoms with Gasteiger partial charge in [-0.3, -0.25) is 4.79 Å². The van der Waals surface area contributed by atoms with Crippen LogP contribution in [-0.4, -0.2) is 25.7 Å². The van der Waals surface area contributed by atoms with Gasteiger partial charge in [-0.05, 0) is 38.0 Å². The molecule has 1 atom stereocenters. The molecule has 2 heterocycles. The van der Waals surface area contributed by atoms with Gasteiger partial charge >= 0.3 is 0 Å². The van der Waals surface area contributed by atoms with Gasteiger partial charge in [0.2, 0.25) is 5.91 Å². The average Bonchev–Trinajstić information content (AvgIpc) is 2.46. The summed E-state index contributed by atoms with van der Waals surface area (Å²) in [5.74, 6) is 1.28. The Morgan fingerprint density at radius 1 is 1.20 bits per heavy atom. The SMILES string of the molecule is O=C1NCCCCC1CC1CCOCC1. The normalized spacial score (nSPS) is 29.6. The number of amides is 1. The Bertz CT molecular complexity index is 212. The van der Waals surface area contributed by atoms with Crippen LogP contribution in [0.15, 0.2) is 0 Å². The van der Waals surface area contributed by atoms with Crippen molar-refractivity contribution >= 4 is 5.91 Å². The minimum atomic E-state index is 0.274. The molecule has 1 unspecified atom stereocenters. The van der Waals surface area contributed by atoms with Crippen LogP contribution in [0.1, 0.15) is 38.5 Å². The second-order valence-corrected chi connectivity index (χ2v) is 4.78. The zero-order chi connectivity index (χ0) is 10.5. The summed E-state index contributed by atoms with van der Waals surface area (Å²) in [6, 6.07) is 0. The molecule has 15 heavy (non-hydrogen) atoms. The standard InChI is InChI=1S/C12H21NO2/c14-12-11(3-1-2-6-13-12)9-10-4-7-15-8-5-10/h10-11H,1-9H2,(H,13,14). The zero-order valence-corrected chi connectivity index (χ0v) is 9.34. The summed E-state index contributed by atoms with van der Waals surface area (Å²) in [6.07, 6.45) is 6.80. The van der Waals surface area contributed by atoms with E-state index in [1.54, 1.807) is 0 Å². The third-order valence-electron chi connectivity index (χ3n) is 3.61. The van der Waals surface area contributed by atoms with Crippen LogP contribution < -0.4 is 5.32 Å². The third kappa shape index (κ3) is 3.20. The largest absolute Gasteiger partial charge is 0.381 e. The summed E-state index contributed by atoms with van der Waals surface area (Å²) in [4.78, 5) is 11.7. The average molecular weight is 211 g/mol. The van der Waals surface area contributed by atoms with Crippen LogP contribution in [-0.2, 0) is 9.53 Å². The molecule has 2 saturated heterocycles. The number of rotatable bonds is 2. The molecule has 0 spiro atoms. The highest BCUT2D eigenvalue weighted by Crippen LogP contribution is 2.26. The Morgan fingerprint density at radius 3 is 2.80 bits per heavy atom. The fourth-order valence-electron chi connectivity index (χ4n) is 2.61. The van der Waals surface area contributed by atoms with Crippen LogP contribution >= 0.6 is 0 Å². The van der Waals surface area contributed by atoms with E-state index in [4.69, 9.17) is 4.74 Å². The number of carbonyl (C=O) groups excluding carboxylic acids is 1. The molecular weight excluding hydrogens is 190 g/mol. The highest BCUT2D eigenvalue weighted by Gasteiger charge is 2.25. The molecule has 0 aromatic carbocycles. The molecule has 2 aliphatic heterocycles. The fraction of sp³-hybridized carbons (Fsp3) is 0.917. The maximum Gasteiger partial charge on any atom is 0.223 e. The van der Waals surface area contributed by atoms with Gasteiger partial charge in [-0.2, -0.15) is 0 Å². The Morgan fingerprint density at radius 2 is 2.00 bits per heavy atom. The molecule has 0 radical (unpaired) electrons. The summed E-state index contributed by atoms with van der Waals surface area (Å²) >= 11 is 0. The van der Waals surface area contributed by atoms with Gasteiger partial charge in [0.05, 0.1) is 0 Å². The molecule has 1 amide bonds. The predicted molar refractivity (Wildman–Crippen MR) is 58.5 cm³/mol. The quantitative estimate of drug-likeness (QED) is 0.755. The molecule has 0 bridgehead atoms. The van der Waals surface area contributed by atoms with Crippen LogP contribution in [0.2, 0.25) is 0 Å². The van der Waals surface area contributed by atoms with E-state index in [0.717, 1.165) is 51.9 Å². The first-order chi connectivity index (χ1) is 7.36. The number of ether oxygens (including phenoxy) is 1. The lowest BCUT2D eigenvalue weighted by molar-refractivity contribution is -0.125. The van der Waals surface area contributed by atoms with Gasteiger partial charge in [-0.1, -0.05) is 6.42 Å². The summed E-state index contributed by atoms with van der Waals surface area (Å²) in [6.45, 7) is 2.65. The lowest BCUT2D eigenvalue weighted by Crippen LogP contribution is -2.31. The third-order valence-corrected chi connectivity index (χ3v) is 3.61. The molecule has 3 heteroatoms. The van der Waals surface area contributed by atoms with Crippen LogP contribution in [0.25, 0.3) is 0 Å². The maximum absolute atomic E-state index is 11.7. The summed E-state index contributed by atoms with van der Waals surface area (Å²) in [5, 5.41) is 3.01. The highest BCUT2D eigenvalue weighted by atomic mass is 16.5. The minimum Gasteiger partial charge on any atom is -0.381 e. The molecule has 3 nitrogen and oxygen atoms in total. The molecular formula is C12H21NO2. The number of hydrogen-bond donors (Lipinski definition) is 1. The Balaban J connectivity index is 1.82.